The minimum absolute atomic E-state index is 0.184. The van der Waals surface area contributed by atoms with E-state index in [4.69, 9.17) is 5.73 Å². The summed E-state index contributed by atoms with van der Waals surface area (Å²) >= 11 is 0. The van der Waals surface area contributed by atoms with Gasteiger partial charge in [0.2, 0.25) is 5.91 Å². The lowest BCUT2D eigenvalue weighted by molar-refractivity contribution is 0.0948. The van der Waals surface area contributed by atoms with Crippen molar-refractivity contribution in [2.24, 2.45) is 5.73 Å². The van der Waals surface area contributed by atoms with Crippen molar-refractivity contribution in [1.82, 2.24) is 15.3 Å². The molecule has 0 aliphatic heterocycles. The summed E-state index contributed by atoms with van der Waals surface area (Å²) in [6, 6.07) is 22.0. The molecule has 4 rings (SSSR count). The van der Waals surface area contributed by atoms with Gasteiger partial charge in [-0.2, -0.15) is 0 Å². The molecule has 28 heavy (non-hydrogen) atoms. The lowest BCUT2D eigenvalue weighted by Gasteiger charge is -2.07. The number of hydrogen-bond acceptors (Lipinski definition) is 3. The lowest BCUT2D eigenvalue weighted by Crippen LogP contribution is -2.23. The summed E-state index contributed by atoms with van der Waals surface area (Å²) in [5.41, 5.74) is 9.86. The summed E-state index contributed by atoms with van der Waals surface area (Å²) in [7, 11) is 0. The van der Waals surface area contributed by atoms with Crippen LogP contribution in [0.4, 0.5) is 0 Å². The molecule has 0 saturated heterocycles. The number of carbonyl (C=O) groups is 2. The maximum atomic E-state index is 12.5. The van der Waals surface area contributed by atoms with Crippen LogP contribution in [0.15, 0.2) is 72.8 Å². The molecule has 0 saturated carbocycles. The molecule has 0 unspecified atom stereocenters. The SMILES string of the molecule is NC(=O)c1ccc(-c2cccc(C(=O)NCc3nc4ccccc4[nH]3)c2)cc1. The molecule has 6 nitrogen and oxygen atoms in total. The average Bonchev–Trinajstić information content (AvgIpc) is 3.15. The number of rotatable bonds is 5. The minimum Gasteiger partial charge on any atom is -0.366 e. The third-order valence-corrected chi connectivity index (χ3v) is 4.48. The van der Waals surface area contributed by atoms with Gasteiger partial charge in [-0.1, -0.05) is 36.4 Å². The van der Waals surface area contributed by atoms with Crippen LogP contribution in [0.25, 0.3) is 22.2 Å². The highest BCUT2D eigenvalue weighted by atomic mass is 16.2. The molecule has 2 amide bonds. The Bertz CT molecular complexity index is 1130. The van der Waals surface area contributed by atoms with E-state index in [2.05, 4.69) is 15.3 Å². The van der Waals surface area contributed by atoms with Gasteiger partial charge in [-0.25, -0.2) is 4.98 Å². The number of imidazole rings is 1. The van der Waals surface area contributed by atoms with Crippen LogP contribution >= 0.6 is 0 Å². The first-order valence-electron chi connectivity index (χ1n) is 8.82. The molecule has 0 fully saturated rings. The second-order valence-electron chi connectivity index (χ2n) is 6.41. The summed E-state index contributed by atoms with van der Waals surface area (Å²) in [6.45, 7) is 0.311. The second-order valence-corrected chi connectivity index (χ2v) is 6.41. The van der Waals surface area contributed by atoms with Crippen LogP contribution in [0.1, 0.15) is 26.5 Å². The molecule has 1 aromatic heterocycles. The van der Waals surface area contributed by atoms with Crippen molar-refractivity contribution in [3.63, 3.8) is 0 Å². The number of amides is 2. The van der Waals surface area contributed by atoms with Crippen LogP contribution < -0.4 is 11.1 Å². The molecule has 3 aromatic carbocycles. The molecular formula is C22H18N4O2. The van der Waals surface area contributed by atoms with Gasteiger partial charge >= 0.3 is 0 Å². The highest BCUT2D eigenvalue weighted by molar-refractivity contribution is 5.96. The Balaban J connectivity index is 1.48. The predicted molar refractivity (Wildman–Crippen MR) is 108 cm³/mol. The number of nitrogens with zero attached hydrogens (tertiary/aromatic N) is 1. The fourth-order valence-corrected chi connectivity index (χ4v) is 3.02. The fourth-order valence-electron chi connectivity index (χ4n) is 3.02. The lowest BCUT2D eigenvalue weighted by atomic mass is 10.0. The van der Waals surface area contributed by atoms with E-state index in [9.17, 15) is 9.59 Å². The molecule has 0 bridgehead atoms. The zero-order valence-corrected chi connectivity index (χ0v) is 15.0. The van der Waals surface area contributed by atoms with Crippen molar-refractivity contribution in [2.75, 3.05) is 0 Å². The number of fused-ring (bicyclic) bond motifs is 1. The van der Waals surface area contributed by atoms with Crippen molar-refractivity contribution in [2.45, 2.75) is 6.54 Å². The normalized spacial score (nSPS) is 10.7. The molecule has 0 radical (unpaired) electrons. The first-order chi connectivity index (χ1) is 13.6. The van der Waals surface area contributed by atoms with Crippen molar-refractivity contribution in [3.05, 3.63) is 89.7 Å². The summed E-state index contributed by atoms with van der Waals surface area (Å²) in [5, 5.41) is 2.89. The Hall–Kier alpha value is -3.93. The Morgan fingerprint density at radius 3 is 2.43 bits per heavy atom. The van der Waals surface area contributed by atoms with Gasteiger partial charge in [0.05, 0.1) is 17.6 Å². The van der Waals surface area contributed by atoms with E-state index in [0.717, 1.165) is 22.2 Å². The molecule has 1 heterocycles. The first kappa shape index (κ1) is 17.5. The third kappa shape index (κ3) is 3.61. The van der Waals surface area contributed by atoms with Gasteiger partial charge in [-0.3, -0.25) is 9.59 Å². The molecule has 4 N–H and O–H groups in total. The highest BCUT2D eigenvalue weighted by Gasteiger charge is 2.09. The molecule has 4 aromatic rings. The summed E-state index contributed by atoms with van der Waals surface area (Å²) < 4.78 is 0. The van der Waals surface area contributed by atoms with E-state index in [1.165, 1.54) is 0 Å². The molecule has 0 aliphatic carbocycles. The number of aromatic amines is 1. The first-order valence-corrected chi connectivity index (χ1v) is 8.82. The molecule has 6 heteroatoms. The van der Waals surface area contributed by atoms with E-state index >= 15 is 0 Å². The number of aromatic nitrogens is 2. The zero-order valence-electron chi connectivity index (χ0n) is 15.0. The third-order valence-electron chi connectivity index (χ3n) is 4.48. The Kier molecular flexibility index (Phi) is 4.60. The van der Waals surface area contributed by atoms with E-state index in [-0.39, 0.29) is 5.91 Å². The summed E-state index contributed by atoms with van der Waals surface area (Å²) in [5.74, 6) is 0.0501. The van der Waals surface area contributed by atoms with Crippen molar-refractivity contribution in [3.8, 4) is 11.1 Å². The largest absolute Gasteiger partial charge is 0.366 e. The van der Waals surface area contributed by atoms with Gasteiger partial charge in [0, 0.05) is 11.1 Å². The van der Waals surface area contributed by atoms with Gasteiger partial charge in [0.25, 0.3) is 5.91 Å². The van der Waals surface area contributed by atoms with Gasteiger partial charge < -0.3 is 16.0 Å². The zero-order chi connectivity index (χ0) is 19.5. The monoisotopic (exact) mass is 370 g/mol. The number of H-pyrrole nitrogens is 1. The van der Waals surface area contributed by atoms with Crippen LogP contribution in [0.3, 0.4) is 0 Å². The molecule has 0 spiro atoms. The molecular weight excluding hydrogens is 352 g/mol. The van der Waals surface area contributed by atoms with Gasteiger partial charge in [-0.15, -0.1) is 0 Å². The highest BCUT2D eigenvalue weighted by Crippen LogP contribution is 2.21. The predicted octanol–water partition coefficient (Wildman–Crippen LogP) is 3.26. The van der Waals surface area contributed by atoms with E-state index < -0.39 is 5.91 Å². The minimum atomic E-state index is -0.467. The molecule has 0 atom stereocenters. The van der Waals surface area contributed by atoms with Crippen molar-refractivity contribution in [1.29, 1.82) is 0 Å². The smallest absolute Gasteiger partial charge is 0.251 e. The average molecular weight is 370 g/mol. The quantitative estimate of drug-likeness (QED) is 0.502. The Morgan fingerprint density at radius 1 is 0.893 bits per heavy atom. The van der Waals surface area contributed by atoms with Crippen LogP contribution in [0.2, 0.25) is 0 Å². The number of benzene rings is 3. The summed E-state index contributed by atoms with van der Waals surface area (Å²) in [4.78, 5) is 31.4. The van der Waals surface area contributed by atoms with Crippen LogP contribution in [0.5, 0.6) is 0 Å². The van der Waals surface area contributed by atoms with Crippen molar-refractivity contribution >= 4 is 22.8 Å². The van der Waals surface area contributed by atoms with Gasteiger partial charge in [-0.05, 0) is 47.5 Å². The van der Waals surface area contributed by atoms with E-state index in [0.29, 0.717) is 23.5 Å². The topological polar surface area (TPSA) is 101 Å². The van der Waals surface area contributed by atoms with Crippen LogP contribution in [-0.2, 0) is 6.54 Å². The Labute approximate surface area is 161 Å². The van der Waals surface area contributed by atoms with Crippen molar-refractivity contribution < 1.29 is 9.59 Å². The number of primary amides is 1. The number of nitrogens with two attached hydrogens (primary N) is 1. The maximum Gasteiger partial charge on any atom is 0.251 e. The number of nitrogens with one attached hydrogen (secondary N) is 2. The van der Waals surface area contributed by atoms with E-state index in [1.54, 1.807) is 18.2 Å². The van der Waals surface area contributed by atoms with Crippen LogP contribution in [0, 0.1) is 0 Å². The standard InChI is InChI=1S/C22H18N4O2/c23-21(27)15-10-8-14(9-11-15)16-4-3-5-17(12-16)22(28)24-13-20-25-18-6-1-2-7-19(18)26-20/h1-12H,13H2,(H2,23,27)(H,24,28)(H,25,26). The summed E-state index contributed by atoms with van der Waals surface area (Å²) in [6.07, 6.45) is 0. The maximum absolute atomic E-state index is 12.5. The van der Waals surface area contributed by atoms with Gasteiger partial charge in [0.1, 0.15) is 5.82 Å². The van der Waals surface area contributed by atoms with E-state index in [1.807, 2.05) is 54.6 Å². The number of hydrogen-bond donors (Lipinski definition) is 3. The second kappa shape index (κ2) is 7.36. The van der Waals surface area contributed by atoms with Gasteiger partial charge in [0.15, 0.2) is 0 Å². The number of carbonyl (C=O) groups excluding carboxylic acids is 2. The Morgan fingerprint density at radius 2 is 1.68 bits per heavy atom. The molecule has 138 valence electrons. The fraction of sp³-hybridized carbons (Fsp3) is 0.0455. The molecule has 0 aliphatic rings. The van der Waals surface area contributed by atoms with Crippen LogP contribution in [-0.4, -0.2) is 21.8 Å². The number of para-hydroxylation sites is 2.